The summed E-state index contributed by atoms with van der Waals surface area (Å²) in [4.78, 5) is 5.71. The Kier molecular flexibility index (Phi) is 5.17. The molecule has 4 nitrogen and oxygen atoms in total. The van der Waals surface area contributed by atoms with E-state index in [1.54, 1.807) is 30.5 Å². The standard InChI is InChI=1S/C22H17FN2O2S2/c1-16-7-13-20(14-8-16)29(26,27)25-15-21(17-5-3-2-4-6-17)28-22(25)24-19-11-9-18(23)10-12-19/h2-15H,1H3. The van der Waals surface area contributed by atoms with Crippen LogP contribution < -0.4 is 4.80 Å². The molecule has 0 bridgehead atoms. The maximum atomic E-state index is 13.3. The van der Waals surface area contributed by atoms with Crippen LogP contribution in [-0.2, 0) is 10.0 Å². The Morgan fingerprint density at radius 2 is 1.55 bits per heavy atom. The molecule has 0 fully saturated rings. The zero-order chi connectivity index (χ0) is 20.4. The molecule has 3 aromatic carbocycles. The van der Waals surface area contributed by atoms with Crippen molar-refractivity contribution < 1.29 is 12.8 Å². The average Bonchev–Trinajstić information content (AvgIpc) is 3.15. The molecule has 0 aliphatic heterocycles. The summed E-state index contributed by atoms with van der Waals surface area (Å²) >= 11 is 1.26. The van der Waals surface area contributed by atoms with Gasteiger partial charge in [0, 0.05) is 6.20 Å². The van der Waals surface area contributed by atoms with Gasteiger partial charge >= 0.3 is 0 Å². The van der Waals surface area contributed by atoms with Crippen molar-refractivity contribution in [1.29, 1.82) is 0 Å². The van der Waals surface area contributed by atoms with Crippen molar-refractivity contribution in [2.45, 2.75) is 11.8 Å². The molecule has 7 heteroatoms. The summed E-state index contributed by atoms with van der Waals surface area (Å²) in [7, 11) is -3.84. The summed E-state index contributed by atoms with van der Waals surface area (Å²) in [5, 5.41) is 0. The van der Waals surface area contributed by atoms with E-state index in [9.17, 15) is 12.8 Å². The van der Waals surface area contributed by atoms with Gasteiger partial charge < -0.3 is 0 Å². The van der Waals surface area contributed by atoms with Crippen LogP contribution in [0.2, 0.25) is 0 Å². The molecule has 0 atom stereocenters. The highest BCUT2D eigenvalue weighted by atomic mass is 32.2. The smallest absolute Gasteiger partial charge is 0.220 e. The van der Waals surface area contributed by atoms with Crippen LogP contribution in [0, 0.1) is 12.7 Å². The van der Waals surface area contributed by atoms with E-state index in [0.717, 1.165) is 16.0 Å². The minimum Gasteiger partial charge on any atom is -0.220 e. The van der Waals surface area contributed by atoms with Crippen LogP contribution in [0.25, 0.3) is 10.4 Å². The number of nitrogens with zero attached hydrogens (tertiary/aromatic N) is 2. The summed E-state index contributed by atoms with van der Waals surface area (Å²) in [5.74, 6) is -0.375. The molecule has 4 aromatic rings. The van der Waals surface area contributed by atoms with Crippen LogP contribution in [0.15, 0.2) is 94.9 Å². The van der Waals surface area contributed by atoms with Gasteiger partial charge in [-0.15, -0.1) is 0 Å². The molecule has 29 heavy (non-hydrogen) atoms. The molecule has 0 radical (unpaired) electrons. The lowest BCUT2D eigenvalue weighted by Crippen LogP contribution is -2.23. The van der Waals surface area contributed by atoms with E-state index in [1.807, 2.05) is 37.3 Å². The molecule has 0 N–H and O–H groups in total. The molecule has 0 amide bonds. The maximum absolute atomic E-state index is 13.3. The van der Waals surface area contributed by atoms with Crippen molar-refractivity contribution >= 4 is 27.0 Å². The predicted molar refractivity (Wildman–Crippen MR) is 113 cm³/mol. The van der Waals surface area contributed by atoms with E-state index >= 15 is 0 Å². The van der Waals surface area contributed by atoms with Gasteiger partial charge in [-0.05, 0) is 48.9 Å². The Morgan fingerprint density at radius 3 is 2.21 bits per heavy atom. The fraction of sp³-hybridized carbons (Fsp3) is 0.0455. The van der Waals surface area contributed by atoms with Gasteiger partial charge in [-0.25, -0.2) is 21.8 Å². The first kappa shape index (κ1) is 19.3. The molecule has 146 valence electrons. The quantitative estimate of drug-likeness (QED) is 0.456. The van der Waals surface area contributed by atoms with E-state index < -0.39 is 10.0 Å². The van der Waals surface area contributed by atoms with Crippen molar-refractivity contribution in [3.8, 4) is 10.4 Å². The van der Waals surface area contributed by atoms with Gasteiger partial charge in [-0.3, -0.25) is 0 Å². The largest absolute Gasteiger partial charge is 0.270 e. The number of thiazole rings is 1. The van der Waals surface area contributed by atoms with Crippen molar-refractivity contribution in [3.63, 3.8) is 0 Å². The van der Waals surface area contributed by atoms with Gasteiger partial charge in [0.05, 0.1) is 15.5 Å². The van der Waals surface area contributed by atoms with Crippen LogP contribution in [-0.4, -0.2) is 12.4 Å². The minimum atomic E-state index is -3.84. The third kappa shape index (κ3) is 4.06. The SMILES string of the molecule is Cc1ccc(S(=O)(=O)n2cc(-c3ccccc3)sc2=Nc2ccc(F)cc2)cc1. The second-order valence-electron chi connectivity index (χ2n) is 6.45. The lowest BCUT2D eigenvalue weighted by Gasteiger charge is -2.06. The normalized spacial score (nSPS) is 12.3. The van der Waals surface area contributed by atoms with Gasteiger partial charge in [0.2, 0.25) is 4.80 Å². The van der Waals surface area contributed by atoms with Gasteiger partial charge in [0.1, 0.15) is 5.82 Å². The summed E-state index contributed by atoms with van der Waals surface area (Å²) in [6, 6.07) is 21.8. The first-order valence-electron chi connectivity index (χ1n) is 8.84. The Balaban J connectivity index is 1.93. The zero-order valence-corrected chi connectivity index (χ0v) is 17.1. The van der Waals surface area contributed by atoms with Gasteiger partial charge in [-0.2, -0.15) is 0 Å². The van der Waals surface area contributed by atoms with Crippen LogP contribution in [0.4, 0.5) is 10.1 Å². The van der Waals surface area contributed by atoms with Crippen LogP contribution in [0.3, 0.4) is 0 Å². The molecule has 0 aliphatic carbocycles. The monoisotopic (exact) mass is 424 g/mol. The van der Waals surface area contributed by atoms with E-state index in [4.69, 9.17) is 0 Å². The summed E-state index contributed by atoms with van der Waals surface area (Å²) < 4.78 is 41.0. The molecular formula is C22H17FN2O2S2. The Morgan fingerprint density at radius 1 is 0.897 bits per heavy atom. The Labute approximate surface area is 172 Å². The third-order valence-corrected chi connectivity index (χ3v) is 7.12. The average molecular weight is 425 g/mol. The number of rotatable bonds is 4. The van der Waals surface area contributed by atoms with E-state index in [2.05, 4.69) is 4.99 Å². The summed E-state index contributed by atoms with van der Waals surface area (Å²) in [6.07, 6.45) is 1.58. The van der Waals surface area contributed by atoms with E-state index in [1.165, 1.54) is 39.6 Å². The topological polar surface area (TPSA) is 51.4 Å². The number of aryl methyl sites for hydroxylation is 1. The maximum Gasteiger partial charge on any atom is 0.270 e. The number of aromatic nitrogens is 1. The summed E-state index contributed by atoms with van der Waals surface area (Å²) in [5.41, 5.74) is 2.34. The second-order valence-corrected chi connectivity index (χ2v) is 9.27. The molecular weight excluding hydrogens is 407 g/mol. The van der Waals surface area contributed by atoms with Crippen LogP contribution in [0.5, 0.6) is 0 Å². The van der Waals surface area contributed by atoms with Crippen molar-refractivity contribution in [2.24, 2.45) is 4.99 Å². The number of benzene rings is 3. The first-order chi connectivity index (χ1) is 13.9. The molecule has 0 saturated carbocycles. The van der Waals surface area contributed by atoms with Crippen molar-refractivity contribution in [1.82, 2.24) is 3.97 Å². The lowest BCUT2D eigenvalue weighted by molar-refractivity contribution is 0.586. The molecule has 1 heterocycles. The summed E-state index contributed by atoms with van der Waals surface area (Å²) in [6.45, 7) is 1.90. The van der Waals surface area contributed by atoms with Gasteiger partial charge in [-0.1, -0.05) is 59.4 Å². The van der Waals surface area contributed by atoms with Crippen LogP contribution in [0.1, 0.15) is 5.56 Å². The number of halogens is 1. The Hall–Kier alpha value is -3.03. The highest BCUT2D eigenvalue weighted by Crippen LogP contribution is 2.25. The minimum absolute atomic E-state index is 0.182. The molecule has 4 rings (SSSR count). The molecule has 1 aromatic heterocycles. The van der Waals surface area contributed by atoms with E-state index in [0.29, 0.717) is 5.69 Å². The highest BCUT2D eigenvalue weighted by Gasteiger charge is 2.20. The third-order valence-electron chi connectivity index (χ3n) is 4.31. The fourth-order valence-electron chi connectivity index (χ4n) is 2.76. The van der Waals surface area contributed by atoms with Crippen LogP contribution >= 0.6 is 11.3 Å². The fourth-order valence-corrected chi connectivity index (χ4v) is 5.33. The number of hydrogen-bond donors (Lipinski definition) is 0. The first-order valence-corrected chi connectivity index (χ1v) is 11.1. The van der Waals surface area contributed by atoms with E-state index in [-0.39, 0.29) is 15.5 Å². The number of hydrogen-bond acceptors (Lipinski definition) is 4. The molecule has 0 aliphatic rings. The predicted octanol–water partition coefficient (Wildman–Crippen LogP) is 5.13. The lowest BCUT2D eigenvalue weighted by atomic mass is 10.2. The van der Waals surface area contributed by atoms with Crippen molar-refractivity contribution in [2.75, 3.05) is 0 Å². The van der Waals surface area contributed by atoms with Gasteiger partial charge in [0.15, 0.2) is 0 Å². The molecule has 0 saturated heterocycles. The molecule has 0 spiro atoms. The second kappa shape index (κ2) is 7.77. The van der Waals surface area contributed by atoms with Gasteiger partial charge in [0.25, 0.3) is 10.0 Å². The zero-order valence-electron chi connectivity index (χ0n) is 15.5. The molecule has 0 unspecified atom stereocenters. The highest BCUT2D eigenvalue weighted by molar-refractivity contribution is 7.90. The van der Waals surface area contributed by atoms with Crippen molar-refractivity contribution in [3.05, 3.63) is 101 Å². The Bertz CT molecular complexity index is 1310.